The van der Waals surface area contributed by atoms with Gasteiger partial charge in [-0.25, -0.2) is 9.97 Å². The third kappa shape index (κ3) is 2.45. The molecule has 0 atom stereocenters. The summed E-state index contributed by atoms with van der Waals surface area (Å²) in [5.74, 6) is 1.80. The Kier molecular flexibility index (Phi) is 3.07. The van der Waals surface area contributed by atoms with E-state index >= 15 is 0 Å². The van der Waals surface area contributed by atoms with Gasteiger partial charge >= 0.3 is 0 Å². The second kappa shape index (κ2) is 4.93. The smallest absolute Gasteiger partial charge is 0.254 e. The van der Waals surface area contributed by atoms with Gasteiger partial charge in [-0.3, -0.25) is 4.79 Å². The summed E-state index contributed by atoms with van der Waals surface area (Å²) < 4.78 is 0. The van der Waals surface area contributed by atoms with E-state index in [1.165, 1.54) is 19.3 Å². The highest BCUT2D eigenvalue weighted by molar-refractivity contribution is 5.97. The molecular formula is C19H26N4O2. The van der Waals surface area contributed by atoms with Gasteiger partial charge in [0.05, 0.1) is 11.2 Å². The van der Waals surface area contributed by atoms with Crippen LogP contribution in [0.25, 0.3) is 0 Å². The Bertz CT molecular complexity index is 705. The normalized spacial score (nSPS) is 40.9. The van der Waals surface area contributed by atoms with E-state index < -0.39 is 11.5 Å². The lowest BCUT2D eigenvalue weighted by Crippen LogP contribution is -2.63. The molecular weight excluding hydrogens is 316 g/mol. The predicted molar refractivity (Wildman–Crippen MR) is 93.0 cm³/mol. The Labute approximate surface area is 147 Å². The summed E-state index contributed by atoms with van der Waals surface area (Å²) in [7, 11) is 0. The SMILES string of the molecule is NC(=O)c1cnc(CC23CCC(O)(CC2)CC3)nc1NC12CC(C1)C2. The minimum absolute atomic E-state index is 0.144. The van der Waals surface area contributed by atoms with Crippen LogP contribution in [0, 0.1) is 11.3 Å². The van der Waals surface area contributed by atoms with E-state index in [9.17, 15) is 9.90 Å². The number of amides is 1. The van der Waals surface area contributed by atoms with Crippen LogP contribution in [0.15, 0.2) is 6.20 Å². The van der Waals surface area contributed by atoms with Crippen LogP contribution in [0.5, 0.6) is 0 Å². The van der Waals surface area contributed by atoms with Crippen molar-refractivity contribution in [3.05, 3.63) is 17.6 Å². The summed E-state index contributed by atoms with van der Waals surface area (Å²) in [6.45, 7) is 0. The molecule has 1 aromatic heterocycles. The summed E-state index contributed by atoms with van der Waals surface area (Å²) in [6.07, 6.45) is 11.7. The highest BCUT2D eigenvalue weighted by Crippen LogP contribution is 2.58. The molecule has 0 unspecified atom stereocenters. The van der Waals surface area contributed by atoms with Gasteiger partial charge in [0.2, 0.25) is 0 Å². The van der Waals surface area contributed by atoms with E-state index in [0.717, 1.165) is 56.7 Å². The second-order valence-electron chi connectivity index (χ2n) is 9.20. The number of fused-ring (bicyclic) bond motifs is 3. The van der Waals surface area contributed by atoms with Crippen molar-refractivity contribution in [2.75, 3.05) is 5.32 Å². The van der Waals surface area contributed by atoms with E-state index in [4.69, 9.17) is 10.7 Å². The molecule has 6 aliphatic carbocycles. The molecule has 0 radical (unpaired) electrons. The number of carbonyl (C=O) groups excluding carboxylic acids is 1. The molecule has 0 spiro atoms. The fourth-order valence-electron chi connectivity index (χ4n) is 5.51. The number of hydrogen-bond acceptors (Lipinski definition) is 5. The van der Waals surface area contributed by atoms with Crippen molar-refractivity contribution in [2.45, 2.75) is 75.3 Å². The van der Waals surface area contributed by atoms with Crippen LogP contribution in [-0.4, -0.2) is 32.1 Å². The Balaban J connectivity index is 1.39. The molecule has 1 amide bonds. The van der Waals surface area contributed by atoms with E-state index in [2.05, 4.69) is 10.3 Å². The highest BCUT2D eigenvalue weighted by Gasteiger charge is 2.57. The molecule has 25 heavy (non-hydrogen) atoms. The van der Waals surface area contributed by atoms with E-state index in [-0.39, 0.29) is 11.0 Å². The Morgan fingerprint density at radius 3 is 2.36 bits per heavy atom. The minimum Gasteiger partial charge on any atom is -0.390 e. The summed E-state index contributed by atoms with van der Waals surface area (Å²) in [5, 5.41) is 13.9. The van der Waals surface area contributed by atoms with Crippen molar-refractivity contribution in [3.8, 4) is 0 Å². The topological polar surface area (TPSA) is 101 Å². The summed E-state index contributed by atoms with van der Waals surface area (Å²) in [4.78, 5) is 20.9. The molecule has 0 aliphatic heterocycles. The van der Waals surface area contributed by atoms with Crippen molar-refractivity contribution in [2.24, 2.45) is 17.1 Å². The molecule has 6 saturated carbocycles. The first kappa shape index (κ1) is 15.6. The van der Waals surface area contributed by atoms with Gasteiger partial charge in [0, 0.05) is 18.2 Å². The molecule has 6 nitrogen and oxygen atoms in total. The van der Waals surface area contributed by atoms with Gasteiger partial charge in [-0.15, -0.1) is 0 Å². The number of primary amides is 1. The van der Waals surface area contributed by atoms with Gasteiger partial charge in [0.1, 0.15) is 11.6 Å². The van der Waals surface area contributed by atoms with E-state index in [1.54, 1.807) is 6.20 Å². The number of aliphatic hydroxyl groups is 1. The first-order valence-corrected chi connectivity index (χ1v) is 9.55. The number of carbonyl (C=O) groups is 1. The second-order valence-corrected chi connectivity index (χ2v) is 9.20. The first-order chi connectivity index (χ1) is 11.9. The molecule has 4 bridgehead atoms. The molecule has 6 heteroatoms. The molecule has 6 aliphatic rings. The third-order valence-electron chi connectivity index (χ3n) is 7.42. The van der Waals surface area contributed by atoms with E-state index in [0.29, 0.717) is 11.4 Å². The molecule has 6 fully saturated rings. The van der Waals surface area contributed by atoms with Crippen molar-refractivity contribution < 1.29 is 9.90 Å². The molecule has 134 valence electrons. The molecule has 7 rings (SSSR count). The number of hydrogen-bond donors (Lipinski definition) is 3. The first-order valence-electron chi connectivity index (χ1n) is 9.55. The van der Waals surface area contributed by atoms with Crippen molar-refractivity contribution in [1.82, 2.24) is 9.97 Å². The monoisotopic (exact) mass is 342 g/mol. The lowest BCUT2D eigenvalue weighted by molar-refractivity contribution is -0.0920. The Hall–Kier alpha value is -1.69. The minimum atomic E-state index is -0.473. The van der Waals surface area contributed by atoms with Gasteiger partial charge < -0.3 is 16.2 Å². The Morgan fingerprint density at radius 2 is 1.84 bits per heavy atom. The fraction of sp³-hybridized carbons (Fsp3) is 0.737. The van der Waals surface area contributed by atoms with Crippen LogP contribution in [-0.2, 0) is 6.42 Å². The Morgan fingerprint density at radius 1 is 1.20 bits per heavy atom. The van der Waals surface area contributed by atoms with Crippen LogP contribution in [0.2, 0.25) is 0 Å². The van der Waals surface area contributed by atoms with Gasteiger partial charge in [-0.1, -0.05) is 0 Å². The van der Waals surface area contributed by atoms with Crippen molar-refractivity contribution in [3.63, 3.8) is 0 Å². The maximum atomic E-state index is 11.8. The number of nitrogens with zero attached hydrogens (tertiary/aromatic N) is 2. The van der Waals surface area contributed by atoms with Gasteiger partial charge in [-0.05, 0) is 69.1 Å². The van der Waals surface area contributed by atoms with Gasteiger partial charge in [0.15, 0.2) is 0 Å². The lowest BCUT2D eigenvalue weighted by Gasteiger charge is -2.62. The predicted octanol–water partition coefficient (Wildman–Crippen LogP) is 2.17. The lowest BCUT2D eigenvalue weighted by atomic mass is 9.50. The maximum absolute atomic E-state index is 11.8. The number of nitrogens with one attached hydrogen (secondary N) is 1. The quantitative estimate of drug-likeness (QED) is 0.761. The molecule has 1 heterocycles. The van der Waals surface area contributed by atoms with Crippen molar-refractivity contribution >= 4 is 11.7 Å². The fourth-order valence-corrected chi connectivity index (χ4v) is 5.51. The number of nitrogens with two attached hydrogens (primary N) is 1. The summed E-state index contributed by atoms with van der Waals surface area (Å²) in [5.41, 5.74) is 5.86. The average molecular weight is 342 g/mol. The standard InChI is InChI=1S/C19H26N4O2/c20-15(24)13-11-21-14(22-16(13)23-18-7-12(8-18)9-18)10-17-1-4-19(25,5-2-17)6-3-17/h11-12,25H,1-10H2,(H2,20,24)(H,21,22,23). The van der Waals surface area contributed by atoms with Crippen LogP contribution >= 0.6 is 0 Å². The number of anilines is 1. The zero-order valence-corrected chi connectivity index (χ0v) is 14.6. The van der Waals surface area contributed by atoms with Crippen LogP contribution < -0.4 is 11.1 Å². The van der Waals surface area contributed by atoms with Crippen LogP contribution in [0.4, 0.5) is 5.82 Å². The maximum Gasteiger partial charge on any atom is 0.254 e. The van der Waals surface area contributed by atoms with Crippen LogP contribution in [0.3, 0.4) is 0 Å². The molecule has 0 aromatic carbocycles. The summed E-state index contributed by atoms with van der Waals surface area (Å²) in [6, 6.07) is 0. The highest BCUT2D eigenvalue weighted by atomic mass is 16.3. The molecule has 0 saturated heterocycles. The number of aromatic nitrogens is 2. The van der Waals surface area contributed by atoms with Crippen LogP contribution in [0.1, 0.15) is 74.0 Å². The average Bonchev–Trinajstić information content (AvgIpc) is 2.51. The largest absolute Gasteiger partial charge is 0.390 e. The third-order valence-corrected chi connectivity index (χ3v) is 7.42. The molecule has 4 N–H and O–H groups in total. The summed E-state index contributed by atoms with van der Waals surface area (Å²) >= 11 is 0. The zero-order valence-electron chi connectivity index (χ0n) is 14.6. The number of rotatable bonds is 5. The van der Waals surface area contributed by atoms with Gasteiger partial charge in [0.25, 0.3) is 5.91 Å². The van der Waals surface area contributed by atoms with E-state index in [1.807, 2.05) is 0 Å². The zero-order chi connectivity index (χ0) is 17.3. The van der Waals surface area contributed by atoms with Crippen molar-refractivity contribution in [1.29, 1.82) is 0 Å². The molecule has 1 aromatic rings. The van der Waals surface area contributed by atoms with Gasteiger partial charge in [-0.2, -0.15) is 0 Å².